The van der Waals surface area contributed by atoms with Crippen LogP contribution in [0.3, 0.4) is 0 Å². The molecule has 3 rings (SSSR count). The summed E-state index contributed by atoms with van der Waals surface area (Å²) in [4.78, 5) is 12.6. The number of hydrogen-bond acceptors (Lipinski definition) is 4. The maximum Gasteiger partial charge on any atom is 0.253 e. The molecule has 22 heavy (non-hydrogen) atoms. The van der Waals surface area contributed by atoms with E-state index in [1.165, 1.54) is 0 Å². The molecule has 1 fully saturated rings. The van der Waals surface area contributed by atoms with Gasteiger partial charge in [-0.2, -0.15) is 0 Å². The van der Waals surface area contributed by atoms with Gasteiger partial charge < -0.3 is 10.4 Å². The average molecular weight is 300 g/mol. The number of carbonyl (C=O) groups is 1. The second-order valence-electron chi connectivity index (χ2n) is 5.76. The van der Waals surface area contributed by atoms with Crippen LogP contribution >= 0.6 is 0 Å². The minimum atomic E-state index is -0.208. The van der Waals surface area contributed by atoms with Crippen LogP contribution in [0.1, 0.15) is 36.5 Å². The van der Waals surface area contributed by atoms with E-state index >= 15 is 0 Å². The van der Waals surface area contributed by atoms with Crippen LogP contribution in [-0.2, 0) is 0 Å². The molecule has 1 aromatic heterocycles. The van der Waals surface area contributed by atoms with Crippen molar-refractivity contribution >= 4 is 5.91 Å². The number of aliphatic hydroxyl groups excluding tert-OH is 1. The molecular formula is C16H20N4O2. The zero-order chi connectivity index (χ0) is 15.5. The van der Waals surface area contributed by atoms with Gasteiger partial charge in [-0.15, -0.1) is 10.2 Å². The maximum atomic E-state index is 12.6. The molecule has 2 aromatic rings. The summed E-state index contributed by atoms with van der Waals surface area (Å²) in [6, 6.07) is 7.49. The van der Waals surface area contributed by atoms with E-state index in [1.54, 1.807) is 23.3 Å². The molecule has 0 spiro atoms. The van der Waals surface area contributed by atoms with Crippen LogP contribution in [0, 0.1) is 5.92 Å². The minimum absolute atomic E-state index is 0.0995. The standard InChI is InChI=1S/C16H20N4O2/c1-2-14(11-7-12(21)8-11)19-16(22)13-5-3-4-6-15(13)20-9-17-18-10-20/h3-6,9-12,14,21H,2,7-8H2,1H3,(H,19,22). The molecule has 116 valence electrons. The zero-order valence-corrected chi connectivity index (χ0v) is 12.5. The van der Waals surface area contributed by atoms with Crippen LogP contribution in [0.5, 0.6) is 0 Å². The number of carbonyl (C=O) groups excluding carboxylic acids is 1. The Labute approximate surface area is 129 Å². The predicted octanol–water partition coefficient (Wildman–Crippen LogP) is 1.55. The molecule has 0 radical (unpaired) electrons. The molecule has 6 heteroatoms. The molecule has 1 amide bonds. The Balaban J connectivity index is 1.78. The molecule has 0 aliphatic heterocycles. The lowest BCUT2D eigenvalue weighted by molar-refractivity contribution is 0.0232. The second kappa shape index (κ2) is 6.27. The first-order valence-electron chi connectivity index (χ1n) is 7.62. The number of nitrogens with one attached hydrogen (secondary N) is 1. The third-order valence-electron chi connectivity index (χ3n) is 4.32. The van der Waals surface area contributed by atoms with Gasteiger partial charge in [0.1, 0.15) is 12.7 Å². The van der Waals surface area contributed by atoms with Crippen LogP contribution in [-0.4, -0.2) is 37.9 Å². The van der Waals surface area contributed by atoms with E-state index in [0.717, 1.165) is 24.9 Å². The van der Waals surface area contributed by atoms with E-state index in [2.05, 4.69) is 22.4 Å². The fourth-order valence-corrected chi connectivity index (χ4v) is 2.97. The Morgan fingerprint density at radius 1 is 1.36 bits per heavy atom. The van der Waals surface area contributed by atoms with E-state index in [4.69, 9.17) is 0 Å². The molecule has 1 saturated carbocycles. The highest BCUT2D eigenvalue weighted by molar-refractivity contribution is 5.98. The number of benzene rings is 1. The van der Waals surface area contributed by atoms with Crippen molar-refractivity contribution in [3.63, 3.8) is 0 Å². The first-order chi connectivity index (χ1) is 10.7. The lowest BCUT2D eigenvalue weighted by Gasteiger charge is -2.37. The summed E-state index contributed by atoms with van der Waals surface area (Å²) < 4.78 is 1.73. The summed E-state index contributed by atoms with van der Waals surface area (Å²) >= 11 is 0. The van der Waals surface area contributed by atoms with Gasteiger partial charge in [0, 0.05) is 6.04 Å². The Morgan fingerprint density at radius 3 is 2.68 bits per heavy atom. The molecule has 1 aliphatic carbocycles. The van der Waals surface area contributed by atoms with Crippen LogP contribution in [0.15, 0.2) is 36.9 Å². The Kier molecular flexibility index (Phi) is 4.20. The summed E-state index contributed by atoms with van der Waals surface area (Å²) in [7, 11) is 0. The van der Waals surface area contributed by atoms with E-state index in [0.29, 0.717) is 11.5 Å². The number of amides is 1. The number of hydrogen-bond donors (Lipinski definition) is 2. The smallest absolute Gasteiger partial charge is 0.253 e. The zero-order valence-electron chi connectivity index (χ0n) is 12.5. The topological polar surface area (TPSA) is 80.0 Å². The van der Waals surface area contributed by atoms with Crippen LogP contribution in [0.2, 0.25) is 0 Å². The first kappa shape index (κ1) is 14.7. The Bertz CT molecular complexity index is 635. The molecule has 1 aliphatic rings. The summed E-state index contributed by atoms with van der Waals surface area (Å²) in [6.45, 7) is 2.06. The van der Waals surface area contributed by atoms with Gasteiger partial charge in [0.25, 0.3) is 5.91 Å². The van der Waals surface area contributed by atoms with Crippen molar-refractivity contribution in [3.05, 3.63) is 42.5 Å². The number of aliphatic hydroxyl groups is 1. The van der Waals surface area contributed by atoms with Gasteiger partial charge >= 0.3 is 0 Å². The molecule has 2 N–H and O–H groups in total. The highest BCUT2D eigenvalue weighted by Crippen LogP contribution is 2.31. The highest BCUT2D eigenvalue weighted by Gasteiger charge is 2.34. The van der Waals surface area contributed by atoms with E-state index < -0.39 is 0 Å². The van der Waals surface area contributed by atoms with Crippen molar-refractivity contribution in [2.45, 2.75) is 38.3 Å². The number of nitrogens with zero attached hydrogens (tertiary/aromatic N) is 3. The summed E-state index contributed by atoms with van der Waals surface area (Å²) in [5.41, 5.74) is 1.36. The number of aromatic nitrogens is 3. The van der Waals surface area contributed by atoms with Gasteiger partial charge in [-0.3, -0.25) is 9.36 Å². The monoisotopic (exact) mass is 300 g/mol. The molecule has 0 bridgehead atoms. The summed E-state index contributed by atoms with van der Waals surface area (Å²) in [5, 5.41) is 20.1. The normalized spacial score (nSPS) is 21.9. The first-order valence-corrected chi connectivity index (χ1v) is 7.62. The van der Waals surface area contributed by atoms with Crippen molar-refractivity contribution in [2.24, 2.45) is 5.92 Å². The third-order valence-corrected chi connectivity index (χ3v) is 4.32. The van der Waals surface area contributed by atoms with Gasteiger partial charge in [0.05, 0.1) is 17.4 Å². The van der Waals surface area contributed by atoms with Gasteiger partial charge in [0.2, 0.25) is 0 Å². The van der Waals surface area contributed by atoms with E-state index in [-0.39, 0.29) is 18.1 Å². The van der Waals surface area contributed by atoms with Crippen molar-refractivity contribution < 1.29 is 9.90 Å². The molecular weight excluding hydrogens is 280 g/mol. The SMILES string of the molecule is CCC(NC(=O)c1ccccc1-n1cnnc1)C1CC(O)C1. The molecule has 1 heterocycles. The molecule has 1 aromatic carbocycles. The number of rotatable bonds is 5. The van der Waals surface area contributed by atoms with Crippen molar-refractivity contribution in [3.8, 4) is 5.69 Å². The largest absolute Gasteiger partial charge is 0.393 e. The minimum Gasteiger partial charge on any atom is -0.393 e. The van der Waals surface area contributed by atoms with E-state index in [9.17, 15) is 9.90 Å². The summed E-state index contributed by atoms with van der Waals surface area (Å²) in [6.07, 6.45) is 5.34. The van der Waals surface area contributed by atoms with Crippen molar-refractivity contribution in [2.75, 3.05) is 0 Å². The van der Waals surface area contributed by atoms with Crippen LogP contribution in [0.25, 0.3) is 5.69 Å². The van der Waals surface area contributed by atoms with Gasteiger partial charge in [-0.1, -0.05) is 19.1 Å². The fourth-order valence-electron chi connectivity index (χ4n) is 2.97. The quantitative estimate of drug-likeness (QED) is 0.878. The predicted molar refractivity (Wildman–Crippen MR) is 81.6 cm³/mol. The highest BCUT2D eigenvalue weighted by atomic mass is 16.3. The summed E-state index contributed by atoms with van der Waals surface area (Å²) in [5.74, 6) is 0.267. The molecule has 0 saturated heterocycles. The number of para-hydroxylation sites is 1. The second-order valence-corrected chi connectivity index (χ2v) is 5.76. The van der Waals surface area contributed by atoms with Gasteiger partial charge in [0.15, 0.2) is 0 Å². The van der Waals surface area contributed by atoms with E-state index in [1.807, 2.05) is 18.2 Å². The van der Waals surface area contributed by atoms with Crippen LogP contribution < -0.4 is 5.32 Å². The molecule has 1 atom stereocenters. The molecule has 6 nitrogen and oxygen atoms in total. The van der Waals surface area contributed by atoms with Crippen molar-refractivity contribution in [1.82, 2.24) is 20.1 Å². The Morgan fingerprint density at radius 2 is 2.05 bits per heavy atom. The van der Waals surface area contributed by atoms with Gasteiger partial charge in [-0.05, 0) is 37.3 Å². The van der Waals surface area contributed by atoms with Crippen molar-refractivity contribution in [1.29, 1.82) is 0 Å². The lowest BCUT2D eigenvalue weighted by atomic mass is 9.76. The lowest BCUT2D eigenvalue weighted by Crippen LogP contribution is -2.46. The maximum absolute atomic E-state index is 12.6. The van der Waals surface area contributed by atoms with Crippen LogP contribution in [0.4, 0.5) is 0 Å². The molecule has 1 unspecified atom stereocenters. The fraction of sp³-hybridized carbons (Fsp3) is 0.438. The third kappa shape index (κ3) is 2.87. The van der Waals surface area contributed by atoms with Gasteiger partial charge in [-0.25, -0.2) is 0 Å². The average Bonchev–Trinajstić information content (AvgIpc) is 3.04. The Hall–Kier alpha value is -2.21.